The van der Waals surface area contributed by atoms with Crippen LogP contribution in [0.1, 0.15) is 12.5 Å². The molecule has 0 heterocycles. The molecule has 1 aromatic carbocycles. The Balaban J connectivity index is 2.94. The van der Waals surface area contributed by atoms with Crippen LogP contribution in [-0.2, 0) is 11.2 Å². The molecule has 4 nitrogen and oxygen atoms in total. The Morgan fingerprint density at radius 3 is 2.45 bits per heavy atom. The van der Waals surface area contributed by atoms with Crippen molar-refractivity contribution in [2.45, 2.75) is 25.1 Å². The lowest BCUT2D eigenvalue weighted by molar-refractivity contribution is -0.135. The number of para-hydroxylation sites is 1. The van der Waals surface area contributed by atoms with E-state index in [4.69, 9.17) is 10.5 Å². The fourth-order valence-electron chi connectivity index (χ4n) is 1.76. The van der Waals surface area contributed by atoms with Gasteiger partial charge in [-0.25, -0.2) is 0 Å². The Bertz CT molecular complexity index is 477. The fraction of sp³-hybridized carbons (Fsp3) is 0.462. The lowest BCUT2D eigenvalue weighted by atomic mass is 9.91. The van der Waals surface area contributed by atoms with Crippen molar-refractivity contribution in [1.82, 2.24) is 5.32 Å². The van der Waals surface area contributed by atoms with Crippen LogP contribution in [0.15, 0.2) is 24.3 Å². The predicted molar refractivity (Wildman–Crippen MR) is 68.4 cm³/mol. The van der Waals surface area contributed by atoms with Crippen molar-refractivity contribution < 1.29 is 22.7 Å². The van der Waals surface area contributed by atoms with Crippen molar-refractivity contribution in [2.24, 2.45) is 5.73 Å². The highest BCUT2D eigenvalue weighted by molar-refractivity contribution is 5.84. The number of benzene rings is 1. The van der Waals surface area contributed by atoms with E-state index in [0.717, 1.165) is 0 Å². The van der Waals surface area contributed by atoms with Crippen molar-refractivity contribution in [3.8, 4) is 5.75 Å². The van der Waals surface area contributed by atoms with Gasteiger partial charge in [0.25, 0.3) is 0 Å². The van der Waals surface area contributed by atoms with Crippen LogP contribution in [0.5, 0.6) is 5.75 Å². The van der Waals surface area contributed by atoms with Crippen LogP contribution in [0.4, 0.5) is 13.2 Å². The van der Waals surface area contributed by atoms with Crippen molar-refractivity contribution >= 4 is 5.91 Å². The molecule has 20 heavy (non-hydrogen) atoms. The monoisotopic (exact) mass is 290 g/mol. The van der Waals surface area contributed by atoms with E-state index in [-0.39, 0.29) is 6.42 Å². The molecule has 1 atom stereocenters. The number of carbonyl (C=O) groups excluding carboxylic acids is 1. The highest BCUT2D eigenvalue weighted by atomic mass is 19.4. The molecule has 0 aliphatic rings. The molecule has 0 saturated carbocycles. The highest BCUT2D eigenvalue weighted by Crippen LogP contribution is 2.24. The summed E-state index contributed by atoms with van der Waals surface area (Å²) in [4.78, 5) is 11.5. The first kappa shape index (κ1) is 16.3. The predicted octanol–water partition coefficient (Wildman–Crippen LogP) is 1.63. The van der Waals surface area contributed by atoms with Crippen LogP contribution in [-0.4, -0.2) is 31.3 Å². The zero-order valence-electron chi connectivity index (χ0n) is 11.3. The van der Waals surface area contributed by atoms with E-state index >= 15 is 0 Å². The normalized spacial score (nSPS) is 14.7. The van der Waals surface area contributed by atoms with Gasteiger partial charge in [0.15, 0.2) is 0 Å². The highest BCUT2D eigenvalue weighted by Gasteiger charge is 2.37. The number of methoxy groups -OCH3 is 1. The Morgan fingerprint density at radius 2 is 1.95 bits per heavy atom. The molecule has 0 aliphatic heterocycles. The molecule has 0 spiro atoms. The molecule has 0 aromatic heterocycles. The number of hydrogen-bond acceptors (Lipinski definition) is 3. The first-order valence-corrected chi connectivity index (χ1v) is 5.91. The molecular formula is C13H17F3N2O2. The molecule has 0 saturated heterocycles. The molecule has 1 rings (SSSR count). The van der Waals surface area contributed by atoms with Crippen molar-refractivity contribution in [3.05, 3.63) is 29.8 Å². The van der Waals surface area contributed by atoms with Gasteiger partial charge >= 0.3 is 6.18 Å². The zero-order valence-corrected chi connectivity index (χ0v) is 11.3. The third kappa shape index (κ3) is 4.41. The quantitative estimate of drug-likeness (QED) is 0.837. The number of halogens is 3. The second-order valence-electron chi connectivity index (χ2n) is 4.65. The van der Waals surface area contributed by atoms with Gasteiger partial charge in [-0.1, -0.05) is 18.2 Å². The Labute approximate surface area is 115 Å². The second kappa shape index (κ2) is 6.13. The largest absolute Gasteiger partial charge is 0.496 e. The molecule has 1 unspecified atom stereocenters. The standard InChI is InChI=1S/C13H17F3N2O2/c1-12(11(17)19,18-8-13(14,15)16)7-9-5-3-4-6-10(9)20-2/h3-6,18H,7-8H2,1-2H3,(H2,17,19). The summed E-state index contributed by atoms with van der Waals surface area (Å²) >= 11 is 0. The minimum Gasteiger partial charge on any atom is -0.496 e. The number of primary amides is 1. The molecule has 3 N–H and O–H groups in total. The van der Waals surface area contributed by atoms with Crippen LogP contribution in [0.25, 0.3) is 0 Å². The van der Waals surface area contributed by atoms with Gasteiger partial charge < -0.3 is 10.5 Å². The molecule has 1 amide bonds. The average molecular weight is 290 g/mol. The third-order valence-electron chi connectivity index (χ3n) is 2.96. The summed E-state index contributed by atoms with van der Waals surface area (Å²) in [5.74, 6) is -0.360. The number of ether oxygens (including phenoxy) is 1. The summed E-state index contributed by atoms with van der Waals surface area (Å²) in [6.45, 7) is 0.0507. The Kier molecular flexibility index (Phi) is 4.99. The van der Waals surface area contributed by atoms with E-state index < -0.39 is 24.2 Å². The van der Waals surface area contributed by atoms with Gasteiger partial charge in [-0.3, -0.25) is 10.1 Å². The van der Waals surface area contributed by atoms with Gasteiger partial charge in [-0.2, -0.15) is 13.2 Å². The summed E-state index contributed by atoms with van der Waals surface area (Å²) in [5.41, 5.74) is 4.32. The van der Waals surface area contributed by atoms with E-state index in [9.17, 15) is 18.0 Å². The molecule has 7 heteroatoms. The number of alkyl halides is 3. The Hall–Kier alpha value is -1.76. The van der Waals surface area contributed by atoms with Gasteiger partial charge in [0, 0.05) is 6.42 Å². The van der Waals surface area contributed by atoms with Crippen molar-refractivity contribution in [3.63, 3.8) is 0 Å². The van der Waals surface area contributed by atoms with Crippen LogP contribution < -0.4 is 15.8 Å². The first-order chi connectivity index (χ1) is 9.18. The third-order valence-corrected chi connectivity index (χ3v) is 2.96. The van der Waals surface area contributed by atoms with E-state index in [1.807, 2.05) is 0 Å². The molecular weight excluding hydrogens is 273 g/mol. The second-order valence-corrected chi connectivity index (χ2v) is 4.65. The smallest absolute Gasteiger partial charge is 0.401 e. The van der Waals surface area contributed by atoms with Crippen molar-refractivity contribution in [1.29, 1.82) is 0 Å². The van der Waals surface area contributed by atoms with Gasteiger partial charge in [0.05, 0.1) is 19.2 Å². The summed E-state index contributed by atoms with van der Waals surface area (Å²) in [6, 6.07) is 6.78. The van der Waals surface area contributed by atoms with Gasteiger partial charge in [0.1, 0.15) is 5.75 Å². The fourth-order valence-corrected chi connectivity index (χ4v) is 1.76. The van der Waals surface area contributed by atoms with Crippen molar-refractivity contribution in [2.75, 3.05) is 13.7 Å². The molecule has 112 valence electrons. The Morgan fingerprint density at radius 1 is 1.35 bits per heavy atom. The summed E-state index contributed by atoms with van der Waals surface area (Å²) in [5, 5.41) is 2.18. The number of nitrogens with two attached hydrogens (primary N) is 1. The lowest BCUT2D eigenvalue weighted by Crippen LogP contribution is -2.56. The lowest BCUT2D eigenvalue weighted by Gasteiger charge is -2.28. The molecule has 0 bridgehead atoms. The molecule has 0 aliphatic carbocycles. The van der Waals surface area contributed by atoms with Crippen LogP contribution in [0, 0.1) is 0 Å². The van der Waals surface area contributed by atoms with Crippen LogP contribution in [0.2, 0.25) is 0 Å². The molecule has 0 radical (unpaired) electrons. The summed E-state index contributed by atoms with van der Waals surface area (Å²) < 4.78 is 42.0. The summed E-state index contributed by atoms with van der Waals surface area (Å²) in [7, 11) is 1.45. The summed E-state index contributed by atoms with van der Waals surface area (Å²) in [6.07, 6.45) is -4.42. The zero-order chi connectivity index (χ0) is 15.4. The number of rotatable bonds is 6. The maximum absolute atomic E-state index is 12.3. The first-order valence-electron chi connectivity index (χ1n) is 5.91. The van der Waals surface area contributed by atoms with Crippen LogP contribution >= 0.6 is 0 Å². The number of nitrogens with one attached hydrogen (secondary N) is 1. The van der Waals surface area contributed by atoms with Gasteiger partial charge in [0.2, 0.25) is 5.91 Å². The minimum atomic E-state index is -4.42. The number of amides is 1. The van der Waals surface area contributed by atoms with Gasteiger partial charge in [-0.05, 0) is 18.6 Å². The van der Waals surface area contributed by atoms with Gasteiger partial charge in [-0.15, -0.1) is 0 Å². The average Bonchev–Trinajstić information content (AvgIpc) is 2.36. The maximum Gasteiger partial charge on any atom is 0.401 e. The number of hydrogen-bond donors (Lipinski definition) is 2. The van der Waals surface area contributed by atoms with E-state index in [1.165, 1.54) is 14.0 Å². The maximum atomic E-state index is 12.3. The van der Waals surface area contributed by atoms with E-state index in [1.54, 1.807) is 24.3 Å². The SMILES string of the molecule is COc1ccccc1CC(C)(NCC(F)(F)F)C(N)=O. The number of carbonyl (C=O) groups is 1. The molecule has 0 fully saturated rings. The minimum absolute atomic E-state index is 0.00241. The van der Waals surface area contributed by atoms with E-state index in [2.05, 4.69) is 5.32 Å². The van der Waals surface area contributed by atoms with E-state index in [0.29, 0.717) is 11.3 Å². The topological polar surface area (TPSA) is 64.3 Å². The molecule has 1 aromatic rings. The van der Waals surface area contributed by atoms with Crippen LogP contribution in [0.3, 0.4) is 0 Å².